The molecule has 180 valence electrons. The Morgan fingerprint density at radius 1 is 1.03 bits per heavy atom. The van der Waals surface area contributed by atoms with Crippen LogP contribution in [0.5, 0.6) is 5.75 Å². The number of carbonyl (C=O) groups is 1. The molecule has 1 aromatic heterocycles. The van der Waals surface area contributed by atoms with Crippen LogP contribution in [0.2, 0.25) is 0 Å². The fourth-order valence-electron chi connectivity index (χ4n) is 3.32. The fourth-order valence-corrected chi connectivity index (χ4v) is 4.07. The number of anilines is 1. The Kier molecular flexibility index (Phi) is 7.11. The van der Waals surface area contributed by atoms with Crippen molar-refractivity contribution in [2.24, 2.45) is 0 Å². The Labute approximate surface area is 204 Å². The van der Waals surface area contributed by atoms with E-state index in [0.29, 0.717) is 16.7 Å². The maximum atomic E-state index is 12.9. The minimum absolute atomic E-state index is 0.0710. The molecular weight excluding hydrogens is 477 g/mol. The SMILES string of the molecule is COc1ccc(-n2c(SCC(=O)Nc3cccc(C(F)(F)F)c3)nnc2-c2ccc(C)cc2)cc1. The third-order valence-electron chi connectivity index (χ3n) is 5.08. The van der Waals surface area contributed by atoms with Crippen LogP contribution in [0.15, 0.2) is 78.0 Å². The van der Waals surface area contributed by atoms with E-state index in [0.717, 1.165) is 40.7 Å². The second kappa shape index (κ2) is 10.2. The lowest BCUT2D eigenvalue weighted by atomic mass is 10.1. The van der Waals surface area contributed by atoms with Crippen LogP contribution >= 0.6 is 11.8 Å². The second-order valence-electron chi connectivity index (χ2n) is 7.62. The standard InChI is InChI=1S/C25H21F3N4O2S/c1-16-6-8-17(9-7-16)23-30-31-24(32(23)20-10-12-21(34-2)13-11-20)35-15-22(33)29-19-5-3-4-18(14-19)25(26,27)28/h3-14H,15H2,1-2H3,(H,29,33). The molecule has 4 rings (SSSR count). The number of ether oxygens (including phenoxy) is 1. The van der Waals surface area contributed by atoms with E-state index in [2.05, 4.69) is 15.5 Å². The average molecular weight is 499 g/mol. The molecule has 0 fully saturated rings. The van der Waals surface area contributed by atoms with Gasteiger partial charge >= 0.3 is 6.18 Å². The lowest BCUT2D eigenvalue weighted by Crippen LogP contribution is -2.15. The Morgan fingerprint density at radius 2 is 1.74 bits per heavy atom. The highest BCUT2D eigenvalue weighted by molar-refractivity contribution is 7.99. The Hall–Kier alpha value is -3.79. The quantitative estimate of drug-likeness (QED) is 0.317. The summed E-state index contributed by atoms with van der Waals surface area (Å²) in [5.74, 6) is 0.748. The number of hydrogen-bond acceptors (Lipinski definition) is 5. The zero-order chi connectivity index (χ0) is 25.0. The number of aryl methyl sites for hydroxylation is 1. The molecule has 0 saturated heterocycles. The number of alkyl halides is 3. The Morgan fingerprint density at radius 3 is 2.40 bits per heavy atom. The molecule has 4 aromatic rings. The molecule has 10 heteroatoms. The molecule has 0 aliphatic heterocycles. The van der Waals surface area contributed by atoms with Crippen molar-refractivity contribution in [3.05, 3.63) is 83.9 Å². The summed E-state index contributed by atoms with van der Waals surface area (Å²) in [7, 11) is 1.58. The number of carbonyl (C=O) groups excluding carboxylic acids is 1. The van der Waals surface area contributed by atoms with Gasteiger partial charge in [-0.25, -0.2) is 0 Å². The molecule has 0 radical (unpaired) electrons. The summed E-state index contributed by atoms with van der Waals surface area (Å²) >= 11 is 1.13. The Bertz CT molecular complexity index is 1320. The number of aromatic nitrogens is 3. The first-order valence-corrected chi connectivity index (χ1v) is 11.5. The number of halogens is 3. The topological polar surface area (TPSA) is 69.0 Å². The summed E-state index contributed by atoms with van der Waals surface area (Å²) in [5, 5.41) is 11.6. The molecule has 3 aromatic carbocycles. The molecule has 1 heterocycles. The summed E-state index contributed by atoms with van der Waals surface area (Å²) in [6.07, 6.45) is -4.49. The van der Waals surface area contributed by atoms with Crippen LogP contribution in [0.4, 0.5) is 18.9 Å². The van der Waals surface area contributed by atoms with Crippen LogP contribution in [-0.4, -0.2) is 33.5 Å². The van der Waals surface area contributed by atoms with E-state index < -0.39 is 17.6 Å². The van der Waals surface area contributed by atoms with E-state index in [1.54, 1.807) is 7.11 Å². The fraction of sp³-hybridized carbons (Fsp3) is 0.160. The number of benzene rings is 3. The molecule has 0 aliphatic rings. The highest BCUT2D eigenvalue weighted by Gasteiger charge is 2.30. The Balaban J connectivity index is 1.57. The van der Waals surface area contributed by atoms with E-state index in [9.17, 15) is 18.0 Å². The summed E-state index contributed by atoms with van der Waals surface area (Å²) < 4.78 is 45.9. The van der Waals surface area contributed by atoms with Gasteiger partial charge in [0.05, 0.1) is 18.4 Å². The lowest BCUT2D eigenvalue weighted by molar-refractivity contribution is -0.137. The van der Waals surface area contributed by atoms with Crippen molar-refractivity contribution >= 4 is 23.4 Å². The van der Waals surface area contributed by atoms with Crippen molar-refractivity contribution in [1.29, 1.82) is 0 Å². The van der Waals surface area contributed by atoms with Gasteiger partial charge in [-0.15, -0.1) is 10.2 Å². The van der Waals surface area contributed by atoms with Gasteiger partial charge in [-0.3, -0.25) is 9.36 Å². The van der Waals surface area contributed by atoms with Crippen molar-refractivity contribution in [3.63, 3.8) is 0 Å². The van der Waals surface area contributed by atoms with Crippen molar-refractivity contribution < 1.29 is 22.7 Å². The smallest absolute Gasteiger partial charge is 0.416 e. The molecular formula is C25H21F3N4O2S. The molecule has 0 spiro atoms. The highest BCUT2D eigenvalue weighted by atomic mass is 32.2. The lowest BCUT2D eigenvalue weighted by Gasteiger charge is -2.12. The molecule has 0 saturated carbocycles. The van der Waals surface area contributed by atoms with Gasteiger partial charge in [0.15, 0.2) is 11.0 Å². The van der Waals surface area contributed by atoms with E-state index in [1.807, 2.05) is 60.0 Å². The zero-order valence-corrected chi connectivity index (χ0v) is 19.7. The van der Waals surface area contributed by atoms with Crippen molar-refractivity contribution in [1.82, 2.24) is 14.8 Å². The number of methoxy groups -OCH3 is 1. The number of nitrogens with zero attached hydrogens (tertiary/aromatic N) is 3. The predicted molar refractivity (Wildman–Crippen MR) is 129 cm³/mol. The minimum Gasteiger partial charge on any atom is -0.497 e. The molecule has 35 heavy (non-hydrogen) atoms. The first-order chi connectivity index (χ1) is 16.7. The van der Waals surface area contributed by atoms with Crippen LogP contribution in [0.25, 0.3) is 17.1 Å². The van der Waals surface area contributed by atoms with Gasteiger partial charge in [-0.05, 0) is 49.4 Å². The van der Waals surface area contributed by atoms with Gasteiger partial charge in [0, 0.05) is 16.9 Å². The molecule has 1 amide bonds. The van der Waals surface area contributed by atoms with Crippen LogP contribution < -0.4 is 10.1 Å². The summed E-state index contributed by atoms with van der Waals surface area (Å²) in [6.45, 7) is 1.99. The number of hydrogen-bond donors (Lipinski definition) is 1. The highest BCUT2D eigenvalue weighted by Crippen LogP contribution is 2.31. The second-order valence-corrected chi connectivity index (χ2v) is 8.56. The van der Waals surface area contributed by atoms with Crippen LogP contribution in [0, 0.1) is 6.92 Å². The van der Waals surface area contributed by atoms with Crippen molar-refractivity contribution in [2.45, 2.75) is 18.3 Å². The molecule has 6 nitrogen and oxygen atoms in total. The van der Waals surface area contributed by atoms with Gasteiger partial charge in [-0.1, -0.05) is 47.7 Å². The third-order valence-corrected chi connectivity index (χ3v) is 6.01. The zero-order valence-electron chi connectivity index (χ0n) is 18.8. The van der Waals surface area contributed by atoms with E-state index >= 15 is 0 Å². The average Bonchev–Trinajstić information content (AvgIpc) is 3.27. The van der Waals surface area contributed by atoms with Crippen LogP contribution in [0.3, 0.4) is 0 Å². The van der Waals surface area contributed by atoms with Gasteiger partial charge < -0.3 is 10.1 Å². The first-order valence-electron chi connectivity index (χ1n) is 10.5. The van der Waals surface area contributed by atoms with Gasteiger partial charge in [0.2, 0.25) is 5.91 Å². The largest absolute Gasteiger partial charge is 0.497 e. The molecule has 1 N–H and O–H groups in total. The van der Waals surface area contributed by atoms with Gasteiger partial charge in [0.1, 0.15) is 5.75 Å². The number of nitrogens with one attached hydrogen (secondary N) is 1. The van der Waals surface area contributed by atoms with Gasteiger partial charge in [0.25, 0.3) is 0 Å². The minimum atomic E-state index is -4.49. The normalized spacial score (nSPS) is 11.3. The monoisotopic (exact) mass is 498 g/mol. The predicted octanol–water partition coefficient (Wildman–Crippen LogP) is 6.00. The number of amides is 1. The molecule has 0 aliphatic carbocycles. The summed E-state index contributed by atoms with van der Waals surface area (Å²) in [5.41, 5.74) is 1.96. The summed E-state index contributed by atoms with van der Waals surface area (Å²) in [6, 6.07) is 19.7. The molecule has 0 bridgehead atoms. The number of thioether (sulfide) groups is 1. The van der Waals surface area contributed by atoms with Crippen LogP contribution in [0.1, 0.15) is 11.1 Å². The van der Waals surface area contributed by atoms with Crippen molar-refractivity contribution in [3.8, 4) is 22.8 Å². The summed E-state index contributed by atoms with van der Waals surface area (Å²) in [4.78, 5) is 12.5. The molecule has 0 unspecified atom stereocenters. The van der Waals surface area contributed by atoms with E-state index in [4.69, 9.17) is 4.74 Å². The van der Waals surface area contributed by atoms with Gasteiger partial charge in [-0.2, -0.15) is 13.2 Å². The maximum absolute atomic E-state index is 12.9. The van der Waals surface area contributed by atoms with Crippen molar-refractivity contribution in [2.75, 3.05) is 18.2 Å². The number of rotatable bonds is 7. The van der Waals surface area contributed by atoms with E-state index in [-0.39, 0.29) is 11.4 Å². The molecule has 0 atom stereocenters. The first kappa shape index (κ1) is 24.3. The maximum Gasteiger partial charge on any atom is 0.416 e. The van der Waals surface area contributed by atoms with Crippen LogP contribution in [-0.2, 0) is 11.0 Å². The van der Waals surface area contributed by atoms with E-state index in [1.165, 1.54) is 12.1 Å². The third kappa shape index (κ3) is 5.83.